The number of nitrogens with zero attached hydrogens (tertiary/aromatic N) is 4. The average molecular weight is 604 g/mol. The summed E-state index contributed by atoms with van der Waals surface area (Å²) >= 11 is 0. The zero-order valence-corrected chi connectivity index (χ0v) is 25.6. The topological polar surface area (TPSA) is 24.5 Å². The Morgan fingerprint density at radius 3 is 2.34 bits per heavy atom. The second kappa shape index (κ2) is 8.01. The molecule has 0 amide bonds. The summed E-state index contributed by atoms with van der Waals surface area (Å²) < 4.78 is 11.9. The molecule has 0 radical (unpaired) electrons. The van der Waals surface area contributed by atoms with Gasteiger partial charge in [0.25, 0.3) is 5.82 Å². The van der Waals surface area contributed by atoms with Crippen molar-refractivity contribution >= 4 is 54.7 Å². The number of aromatic nitrogens is 2. The first-order chi connectivity index (χ1) is 23.2. The van der Waals surface area contributed by atoms with Gasteiger partial charge in [0.05, 0.1) is 28.7 Å². The van der Waals surface area contributed by atoms with Crippen LogP contribution in [0.2, 0.25) is 0 Å². The Bertz CT molecular complexity index is 2780. The average Bonchev–Trinajstić information content (AvgIpc) is 3.75. The van der Waals surface area contributed by atoms with Crippen LogP contribution in [0.5, 0.6) is 11.5 Å². The minimum absolute atomic E-state index is 0.0648. The molecule has 5 nitrogen and oxygen atoms in total. The first-order valence-electron chi connectivity index (χ1n) is 16.3. The van der Waals surface area contributed by atoms with Crippen LogP contribution in [0.1, 0.15) is 16.7 Å². The lowest BCUT2D eigenvalue weighted by Crippen LogP contribution is -2.70. The maximum Gasteiger partial charge on any atom is 0.288 e. The molecule has 4 aliphatic heterocycles. The molecule has 0 N–H and O–H groups in total. The van der Waals surface area contributed by atoms with Gasteiger partial charge in [0, 0.05) is 35.6 Å². The molecule has 12 rings (SSSR count). The number of rotatable bonds is 1. The van der Waals surface area contributed by atoms with Gasteiger partial charge < -0.3 is 14.5 Å². The molecule has 2 aromatic heterocycles. The predicted molar refractivity (Wildman–Crippen MR) is 187 cm³/mol. The van der Waals surface area contributed by atoms with Crippen LogP contribution in [0.25, 0.3) is 54.9 Å². The molecule has 220 valence electrons. The van der Waals surface area contributed by atoms with Gasteiger partial charge in [-0.3, -0.25) is 0 Å². The van der Waals surface area contributed by atoms with E-state index in [0.29, 0.717) is 0 Å². The molecule has 2 atom stereocenters. The van der Waals surface area contributed by atoms with Gasteiger partial charge in [0.2, 0.25) is 5.54 Å². The molecule has 0 bridgehead atoms. The van der Waals surface area contributed by atoms with Gasteiger partial charge in [-0.2, -0.15) is 4.57 Å². The Balaban J connectivity index is 1.22. The van der Waals surface area contributed by atoms with Crippen molar-refractivity contribution in [3.8, 4) is 17.3 Å². The van der Waals surface area contributed by atoms with Gasteiger partial charge in [0.1, 0.15) is 17.0 Å². The molecule has 6 aromatic carbocycles. The first kappa shape index (κ1) is 24.2. The SMILES string of the molecule is CN1C(c2cc3ccccc3c3ccccc23)=CN2c3cccc4c3C3(c5c(ccc6c7ccccc7n(c56)-c5cccc[n+]53)O4)C12. The highest BCUT2D eigenvalue weighted by Gasteiger charge is 2.68. The lowest BCUT2D eigenvalue weighted by atomic mass is 9.76. The normalized spacial score (nSPS) is 19.7. The van der Waals surface area contributed by atoms with Crippen LogP contribution in [0.4, 0.5) is 5.69 Å². The summed E-state index contributed by atoms with van der Waals surface area (Å²) in [4.78, 5) is 5.04. The number of ether oxygens (including phenoxy) is 1. The number of benzene rings is 6. The summed E-state index contributed by atoms with van der Waals surface area (Å²) in [5.41, 5.74) is 7.98. The lowest BCUT2D eigenvalue weighted by Gasteiger charge is -2.43. The molecule has 6 heterocycles. The monoisotopic (exact) mass is 603 g/mol. The Morgan fingerprint density at radius 2 is 1.43 bits per heavy atom. The van der Waals surface area contributed by atoms with Gasteiger partial charge >= 0.3 is 0 Å². The highest BCUT2D eigenvalue weighted by Crippen LogP contribution is 2.63. The number of anilines is 1. The van der Waals surface area contributed by atoms with E-state index < -0.39 is 5.54 Å². The molecule has 4 aliphatic rings. The summed E-state index contributed by atoms with van der Waals surface area (Å²) in [6.07, 6.45) is 4.60. The van der Waals surface area contributed by atoms with Gasteiger partial charge in [-0.15, -0.1) is 0 Å². The summed E-state index contributed by atoms with van der Waals surface area (Å²) in [6.45, 7) is 0. The molecule has 2 unspecified atom stereocenters. The number of para-hydroxylation sites is 1. The van der Waals surface area contributed by atoms with Crippen molar-refractivity contribution in [3.63, 3.8) is 0 Å². The van der Waals surface area contributed by atoms with Crippen molar-refractivity contribution in [2.75, 3.05) is 11.9 Å². The van der Waals surface area contributed by atoms with E-state index in [1.54, 1.807) is 0 Å². The summed E-state index contributed by atoms with van der Waals surface area (Å²) in [6, 6.07) is 46.4. The highest BCUT2D eigenvalue weighted by molar-refractivity contribution is 6.13. The maximum atomic E-state index is 6.87. The Labute approximate surface area is 270 Å². The lowest BCUT2D eigenvalue weighted by molar-refractivity contribution is -0.743. The van der Waals surface area contributed by atoms with Crippen molar-refractivity contribution in [1.82, 2.24) is 9.47 Å². The second-order valence-corrected chi connectivity index (χ2v) is 13.2. The van der Waals surface area contributed by atoms with Crippen LogP contribution in [0, 0.1) is 0 Å². The molecule has 8 aromatic rings. The van der Waals surface area contributed by atoms with Gasteiger partial charge in [-0.05, 0) is 70.1 Å². The van der Waals surface area contributed by atoms with Crippen LogP contribution in [-0.2, 0) is 5.54 Å². The standard InChI is InChI=1S/C42H27N4O/c1-43-34(31-23-25-11-2-3-12-26(25)27-13-4-5-14-28(27)31)24-44-33-17-10-18-35-38(33)42(41(43)44)39-36(47-35)21-20-30-29-15-6-7-16-32(29)46(40(30)39)37-19-8-9-22-45(37)42/h2-24,41H,1H3/q+1. The van der Waals surface area contributed by atoms with E-state index >= 15 is 0 Å². The smallest absolute Gasteiger partial charge is 0.288 e. The van der Waals surface area contributed by atoms with E-state index in [1.807, 2.05) is 0 Å². The number of fused-ring (bicyclic) bond motifs is 10. The summed E-state index contributed by atoms with van der Waals surface area (Å²) in [7, 11) is 2.28. The largest absolute Gasteiger partial charge is 0.456 e. The van der Waals surface area contributed by atoms with E-state index in [4.69, 9.17) is 4.74 Å². The maximum absolute atomic E-state index is 6.87. The molecule has 0 saturated carbocycles. The van der Waals surface area contributed by atoms with E-state index in [1.165, 1.54) is 71.4 Å². The number of hydrogen-bond donors (Lipinski definition) is 0. The van der Waals surface area contributed by atoms with E-state index in [0.717, 1.165) is 17.3 Å². The summed E-state index contributed by atoms with van der Waals surface area (Å²) in [5, 5.41) is 7.60. The second-order valence-electron chi connectivity index (χ2n) is 13.2. The van der Waals surface area contributed by atoms with Gasteiger partial charge in [0.15, 0.2) is 11.7 Å². The zero-order valence-electron chi connectivity index (χ0n) is 25.6. The van der Waals surface area contributed by atoms with Gasteiger partial charge in [-0.25, -0.2) is 4.57 Å². The van der Waals surface area contributed by atoms with Crippen LogP contribution in [-0.4, -0.2) is 22.7 Å². The third-order valence-corrected chi connectivity index (χ3v) is 11.2. The summed E-state index contributed by atoms with van der Waals surface area (Å²) in [5.74, 6) is 3.01. The van der Waals surface area contributed by atoms with Crippen molar-refractivity contribution in [3.05, 3.63) is 156 Å². The predicted octanol–water partition coefficient (Wildman–Crippen LogP) is 8.68. The fourth-order valence-electron chi connectivity index (χ4n) is 9.54. The van der Waals surface area contributed by atoms with Crippen molar-refractivity contribution in [2.45, 2.75) is 11.7 Å². The minimum atomic E-state index is -0.570. The number of hydrogen-bond acceptors (Lipinski definition) is 3. The molecular weight excluding hydrogens is 576 g/mol. The quantitative estimate of drug-likeness (QED) is 0.139. The molecular formula is C42H27N4O+. The van der Waals surface area contributed by atoms with E-state index in [2.05, 4.69) is 166 Å². The fraction of sp³-hybridized carbons (Fsp3) is 0.0714. The van der Waals surface area contributed by atoms with Crippen LogP contribution >= 0.6 is 0 Å². The molecule has 1 spiro atoms. The van der Waals surface area contributed by atoms with Crippen molar-refractivity contribution in [2.24, 2.45) is 0 Å². The number of likely N-dealkylation sites (N-methyl/N-ethyl adjacent to an activating group) is 1. The van der Waals surface area contributed by atoms with E-state index in [-0.39, 0.29) is 6.17 Å². The third kappa shape index (κ3) is 2.59. The highest BCUT2D eigenvalue weighted by atomic mass is 16.5. The third-order valence-electron chi connectivity index (χ3n) is 11.2. The Hall–Kier alpha value is -6.07. The number of pyridine rings is 1. The van der Waals surface area contributed by atoms with Crippen LogP contribution < -0.4 is 14.2 Å². The van der Waals surface area contributed by atoms with E-state index in [9.17, 15) is 0 Å². The molecule has 0 fully saturated rings. The fourth-order valence-corrected chi connectivity index (χ4v) is 9.54. The van der Waals surface area contributed by atoms with Crippen LogP contribution in [0.15, 0.2) is 140 Å². The van der Waals surface area contributed by atoms with Crippen LogP contribution in [0.3, 0.4) is 0 Å². The Morgan fingerprint density at radius 1 is 0.660 bits per heavy atom. The first-order valence-corrected chi connectivity index (χ1v) is 16.3. The van der Waals surface area contributed by atoms with Crippen molar-refractivity contribution in [1.29, 1.82) is 0 Å². The zero-order chi connectivity index (χ0) is 30.6. The van der Waals surface area contributed by atoms with Crippen molar-refractivity contribution < 1.29 is 9.30 Å². The molecule has 0 saturated heterocycles. The minimum Gasteiger partial charge on any atom is -0.456 e. The molecule has 47 heavy (non-hydrogen) atoms. The Kier molecular flexibility index (Phi) is 4.12. The van der Waals surface area contributed by atoms with Gasteiger partial charge in [-0.1, -0.05) is 72.8 Å². The molecule has 5 heteroatoms. The molecule has 0 aliphatic carbocycles.